The minimum atomic E-state index is -0.759. The zero-order valence-electron chi connectivity index (χ0n) is 12.1. The first-order chi connectivity index (χ1) is 10.1. The quantitative estimate of drug-likeness (QED) is 0.765. The van der Waals surface area contributed by atoms with Crippen LogP contribution in [-0.2, 0) is 20.8 Å². The summed E-state index contributed by atoms with van der Waals surface area (Å²) in [7, 11) is 1.35. The summed E-state index contributed by atoms with van der Waals surface area (Å²) in [5, 5.41) is 0. The number of carbonyl (C=O) groups is 2. The lowest BCUT2D eigenvalue weighted by Crippen LogP contribution is -2.41. The van der Waals surface area contributed by atoms with Crippen molar-refractivity contribution >= 4 is 24.3 Å². The van der Waals surface area contributed by atoms with E-state index in [2.05, 4.69) is 4.98 Å². The van der Waals surface area contributed by atoms with Crippen LogP contribution in [0.4, 0.5) is 0 Å². The Morgan fingerprint density at radius 3 is 3.00 bits per heavy atom. The molecule has 2 saturated heterocycles. The van der Waals surface area contributed by atoms with Crippen LogP contribution in [0, 0.1) is 11.3 Å². The first kappa shape index (κ1) is 16.7. The summed E-state index contributed by atoms with van der Waals surface area (Å²) in [5.74, 6) is -0.335. The fourth-order valence-electron chi connectivity index (χ4n) is 3.05. The highest BCUT2D eigenvalue weighted by Crippen LogP contribution is 2.42. The lowest BCUT2D eigenvalue weighted by molar-refractivity contribution is -0.153. The van der Waals surface area contributed by atoms with Crippen LogP contribution in [0.5, 0.6) is 0 Å². The Hall–Kier alpha value is -1.64. The Balaban J connectivity index is 0.00000176. The molecular weight excluding hydrogens is 314 g/mol. The van der Waals surface area contributed by atoms with E-state index in [9.17, 15) is 9.59 Å². The Morgan fingerprint density at radius 1 is 1.59 bits per heavy atom. The zero-order valence-corrected chi connectivity index (χ0v) is 12.9. The summed E-state index contributed by atoms with van der Waals surface area (Å²) >= 11 is 0. The molecule has 2 atom stereocenters. The van der Waals surface area contributed by atoms with Crippen LogP contribution in [0.1, 0.15) is 16.4 Å². The van der Waals surface area contributed by atoms with Crippen molar-refractivity contribution in [2.45, 2.75) is 6.54 Å². The molecule has 0 aliphatic carbocycles. The molecule has 1 aromatic heterocycles. The van der Waals surface area contributed by atoms with E-state index in [1.165, 1.54) is 13.4 Å². The molecule has 0 spiro atoms. The third-order valence-corrected chi connectivity index (χ3v) is 4.20. The standard InChI is InChI=1S/C13H17N3O5.ClH/c1-19-12(18)13-6-16(3-8(13)4-20-7-13)11(17)9-5-21-10(2-14)15-9;/h5,8H,2-4,6-7,14H2,1H3;1H/t8-,13-;/m0./s1. The van der Waals surface area contributed by atoms with E-state index in [1.807, 2.05) is 0 Å². The summed E-state index contributed by atoms with van der Waals surface area (Å²) in [6.45, 7) is 1.58. The molecule has 22 heavy (non-hydrogen) atoms. The van der Waals surface area contributed by atoms with Crippen molar-refractivity contribution in [2.24, 2.45) is 17.1 Å². The number of fused-ring (bicyclic) bond motifs is 1. The first-order valence-corrected chi connectivity index (χ1v) is 6.70. The highest BCUT2D eigenvalue weighted by molar-refractivity contribution is 5.93. The Labute approximate surface area is 133 Å². The summed E-state index contributed by atoms with van der Waals surface area (Å²) < 4.78 is 15.4. The summed E-state index contributed by atoms with van der Waals surface area (Å²) in [6.07, 6.45) is 1.29. The van der Waals surface area contributed by atoms with Crippen LogP contribution in [-0.4, -0.2) is 55.2 Å². The van der Waals surface area contributed by atoms with Crippen molar-refractivity contribution in [3.8, 4) is 0 Å². The van der Waals surface area contributed by atoms with E-state index in [1.54, 1.807) is 4.90 Å². The van der Waals surface area contributed by atoms with Crippen LogP contribution in [0.25, 0.3) is 0 Å². The van der Waals surface area contributed by atoms with Gasteiger partial charge in [0.2, 0.25) is 5.89 Å². The third kappa shape index (κ3) is 2.47. The molecule has 0 saturated carbocycles. The lowest BCUT2D eigenvalue weighted by atomic mass is 9.81. The molecule has 0 unspecified atom stereocenters. The number of nitrogens with two attached hydrogens (primary N) is 1. The predicted molar refractivity (Wildman–Crippen MR) is 76.3 cm³/mol. The number of ether oxygens (including phenoxy) is 2. The second-order valence-electron chi connectivity index (χ2n) is 5.38. The van der Waals surface area contributed by atoms with Gasteiger partial charge in [-0.2, -0.15) is 0 Å². The van der Waals surface area contributed by atoms with Crippen molar-refractivity contribution in [3.63, 3.8) is 0 Å². The van der Waals surface area contributed by atoms with Gasteiger partial charge < -0.3 is 24.5 Å². The van der Waals surface area contributed by atoms with Crippen molar-refractivity contribution in [2.75, 3.05) is 33.4 Å². The Morgan fingerprint density at radius 2 is 2.36 bits per heavy atom. The Bertz CT molecular complexity index is 578. The molecular formula is C13H18ClN3O5. The minimum Gasteiger partial charge on any atom is -0.468 e. The number of halogens is 1. The number of rotatable bonds is 3. The number of likely N-dealkylation sites (tertiary alicyclic amines) is 1. The van der Waals surface area contributed by atoms with Crippen LogP contribution in [0.3, 0.4) is 0 Å². The van der Waals surface area contributed by atoms with Gasteiger partial charge in [-0.15, -0.1) is 12.4 Å². The number of hydrogen-bond donors (Lipinski definition) is 1. The molecule has 2 fully saturated rings. The smallest absolute Gasteiger partial charge is 0.316 e. The van der Waals surface area contributed by atoms with Gasteiger partial charge in [0.25, 0.3) is 5.91 Å². The Kier molecular flexibility index (Phi) is 4.74. The second kappa shape index (κ2) is 6.23. The van der Waals surface area contributed by atoms with Gasteiger partial charge >= 0.3 is 5.97 Å². The van der Waals surface area contributed by atoms with Gasteiger partial charge in [-0.25, -0.2) is 4.98 Å². The molecule has 3 heterocycles. The number of oxazole rings is 1. The second-order valence-corrected chi connectivity index (χ2v) is 5.38. The molecule has 0 bridgehead atoms. The number of esters is 1. The number of hydrogen-bond acceptors (Lipinski definition) is 7. The van der Waals surface area contributed by atoms with Gasteiger partial charge in [-0.1, -0.05) is 0 Å². The van der Waals surface area contributed by atoms with Crippen molar-refractivity contribution in [1.29, 1.82) is 0 Å². The SMILES string of the molecule is COC(=O)[C@@]12COC[C@@H]1CN(C(=O)c1coc(CN)n1)C2.Cl. The van der Waals surface area contributed by atoms with Gasteiger partial charge in [0.15, 0.2) is 5.69 Å². The van der Waals surface area contributed by atoms with E-state index >= 15 is 0 Å². The molecule has 2 N–H and O–H groups in total. The molecule has 2 aliphatic heterocycles. The van der Waals surface area contributed by atoms with Crippen molar-refractivity contribution in [3.05, 3.63) is 17.8 Å². The van der Waals surface area contributed by atoms with Gasteiger partial charge in [0.1, 0.15) is 11.7 Å². The number of methoxy groups -OCH3 is 1. The maximum Gasteiger partial charge on any atom is 0.316 e. The van der Waals surface area contributed by atoms with Gasteiger partial charge in [-0.05, 0) is 0 Å². The predicted octanol–water partition coefficient (Wildman–Crippen LogP) is -0.183. The van der Waals surface area contributed by atoms with Crippen LogP contribution in [0.2, 0.25) is 0 Å². The van der Waals surface area contributed by atoms with Crippen molar-refractivity contribution in [1.82, 2.24) is 9.88 Å². The molecule has 2 aliphatic rings. The van der Waals surface area contributed by atoms with E-state index in [-0.39, 0.29) is 55.6 Å². The molecule has 0 aromatic carbocycles. The number of aromatic nitrogens is 1. The maximum atomic E-state index is 12.4. The summed E-state index contributed by atoms with van der Waals surface area (Å²) in [4.78, 5) is 30.1. The summed E-state index contributed by atoms with van der Waals surface area (Å²) in [6, 6.07) is 0. The highest BCUT2D eigenvalue weighted by Gasteiger charge is 2.57. The molecule has 122 valence electrons. The van der Waals surface area contributed by atoms with Gasteiger partial charge in [-0.3, -0.25) is 9.59 Å². The molecule has 1 amide bonds. The molecule has 9 heteroatoms. The molecule has 8 nitrogen and oxygen atoms in total. The first-order valence-electron chi connectivity index (χ1n) is 6.70. The lowest BCUT2D eigenvalue weighted by Gasteiger charge is -2.23. The number of carbonyl (C=O) groups excluding carboxylic acids is 2. The zero-order chi connectivity index (χ0) is 15.0. The monoisotopic (exact) mass is 331 g/mol. The molecule has 1 aromatic rings. The fraction of sp³-hybridized carbons (Fsp3) is 0.615. The average molecular weight is 332 g/mol. The van der Waals surface area contributed by atoms with Crippen molar-refractivity contribution < 1.29 is 23.5 Å². The molecule has 0 radical (unpaired) electrons. The van der Waals surface area contributed by atoms with Gasteiger partial charge in [0, 0.05) is 19.0 Å². The van der Waals surface area contributed by atoms with Crippen LogP contribution >= 0.6 is 12.4 Å². The normalized spacial score (nSPS) is 26.5. The average Bonchev–Trinajstić information content (AvgIpc) is 3.18. The van der Waals surface area contributed by atoms with E-state index < -0.39 is 5.41 Å². The largest absolute Gasteiger partial charge is 0.468 e. The maximum absolute atomic E-state index is 12.4. The highest BCUT2D eigenvalue weighted by atomic mass is 35.5. The number of amides is 1. The summed E-state index contributed by atoms with van der Waals surface area (Å²) in [5.41, 5.74) is 4.86. The fourth-order valence-corrected chi connectivity index (χ4v) is 3.05. The van der Waals surface area contributed by atoms with Crippen LogP contribution in [0.15, 0.2) is 10.7 Å². The van der Waals surface area contributed by atoms with E-state index in [0.717, 1.165) is 0 Å². The topological polar surface area (TPSA) is 108 Å². The molecule has 3 rings (SSSR count). The van der Waals surface area contributed by atoms with Crippen LogP contribution < -0.4 is 5.73 Å². The minimum absolute atomic E-state index is 0. The van der Waals surface area contributed by atoms with E-state index in [0.29, 0.717) is 19.0 Å². The van der Waals surface area contributed by atoms with E-state index in [4.69, 9.17) is 19.6 Å². The third-order valence-electron chi connectivity index (χ3n) is 4.20. The van der Waals surface area contributed by atoms with Gasteiger partial charge in [0.05, 0.1) is 26.9 Å². The number of nitrogens with zero attached hydrogens (tertiary/aromatic N) is 2.